The van der Waals surface area contributed by atoms with Crippen LogP contribution in [0, 0.1) is 6.92 Å². The highest BCUT2D eigenvalue weighted by atomic mass is 16.5. The molecule has 0 atom stereocenters. The molecule has 0 bridgehead atoms. The molecule has 2 aromatic heterocycles. The number of esters is 1. The molecular formula is C18H19N5O4. The zero-order valence-corrected chi connectivity index (χ0v) is 15.2. The summed E-state index contributed by atoms with van der Waals surface area (Å²) in [6, 6.07) is 4.92. The van der Waals surface area contributed by atoms with Crippen molar-refractivity contribution < 1.29 is 14.3 Å². The molecule has 2 heterocycles. The van der Waals surface area contributed by atoms with Crippen LogP contribution in [0.3, 0.4) is 0 Å². The van der Waals surface area contributed by atoms with Gasteiger partial charge in [-0.05, 0) is 24.6 Å². The van der Waals surface area contributed by atoms with Crippen LogP contribution in [0.15, 0.2) is 35.5 Å². The Balaban J connectivity index is 1.71. The summed E-state index contributed by atoms with van der Waals surface area (Å²) in [6.45, 7) is 2.00. The standard InChI is InChI=1S/C18H19N5O4/c1-11-4-5-12(18(26)27-3)8-14(11)21-15(24)6-7-23-10-19-16-13(17(23)25)9-20-22(16)2/h4-5,8-10H,6-7H2,1-3H3,(H,21,24). The van der Waals surface area contributed by atoms with E-state index in [-0.39, 0.29) is 24.4 Å². The summed E-state index contributed by atoms with van der Waals surface area (Å²) in [5, 5.41) is 7.18. The van der Waals surface area contributed by atoms with Gasteiger partial charge in [-0.15, -0.1) is 0 Å². The fourth-order valence-electron chi connectivity index (χ4n) is 2.66. The first-order valence-electron chi connectivity index (χ1n) is 8.26. The van der Waals surface area contributed by atoms with Gasteiger partial charge in [0.1, 0.15) is 5.39 Å². The van der Waals surface area contributed by atoms with Crippen molar-refractivity contribution in [3.05, 3.63) is 52.2 Å². The Labute approximate surface area is 154 Å². The number of amides is 1. The number of anilines is 1. The fraction of sp³-hybridized carbons (Fsp3) is 0.278. The molecule has 27 heavy (non-hydrogen) atoms. The van der Waals surface area contributed by atoms with Crippen molar-refractivity contribution in [2.75, 3.05) is 12.4 Å². The van der Waals surface area contributed by atoms with Gasteiger partial charge >= 0.3 is 5.97 Å². The van der Waals surface area contributed by atoms with Gasteiger partial charge in [0.2, 0.25) is 5.91 Å². The Bertz CT molecular complexity index is 1080. The molecular weight excluding hydrogens is 350 g/mol. The van der Waals surface area contributed by atoms with Crippen molar-refractivity contribution in [2.45, 2.75) is 19.9 Å². The molecule has 0 aliphatic carbocycles. The first-order chi connectivity index (χ1) is 12.9. The summed E-state index contributed by atoms with van der Waals surface area (Å²) in [6.07, 6.45) is 2.95. The van der Waals surface area contributed by atoms with Crippen LogP contribution in [0.2, 0.25) is 0 Å². The predicted octanol–water partition coefficient (Wildman–Crippen LogP) is 1.25. The van der Waals surface area contributed by atoms with E-state index in [9.17, 15) is 14.4 Å². The largest absolute Gasteiger partial charge is 0.465 e. The maximum atomic E-state index is 12.4. The highest BCUT2D eigenvalue weighted by molar-refractivity contribution is 5.95. The van der Waals surface area contributed by atoms with Crippen LogP contribution in [0.25, 0.3) is 11.0 Å². The van der Waals surface area contributed by atoms with Gasteiger partial charge in [-0.1, -0.05) is 6.07 Å². The van der Waals surface area contributed by atoms with Gasteiger partial charge in [-0.25, -0.2) is 9.78 Å². The number of aryl methyl sites for hydroxylation is 3. The number of hydrogen-bond donors (Lipinski definition) is 1. The molecule has 1 N–H and O–H groups in total. The molecule has 3 rings (SSSR count). The van der Waals surface area contributed by atoms with Crippen molar-refractivity contribution in [3.63, 3.8) is 0 Å². The third-order valence-corrected chi connectivity index (χ3v) is 4.23. The lowest BCUT2D eigenvalue weighted by atomic mass is 10.1. The molecule has 0 spiro atoms. The molecule has 9 nitrogen and oxygen atoms in total. The van der Waals surface area contributed by atoms with Gasteiger partial charge in [0.25, 0.3) is 5.56 Å². The molecule has 0 aliphatic rings. The topological polar surface area (TPSA) is 108 Å². The number of ether oxygens (including phenoxy) is 1. The predicted molar refractivity (Wildman–Crippen MR) is 98.5 cm³/mol. The smallest absolute Gasteiger partial charge is 0.337 e. The average Bonchev–Trinajstić information content (AvgIpc) is 3.04. The van der Waals surface area contributed by atoms with Crippen LogP contribution in [0.1, 0.15) is 22.3 Å². The van der Waals surface area contributed by atoms with Gasteiger partial charge in [0.15, 0.2) is 5.65 Å². The molecule has 0 saturated heterocycles. The summed E-state index contributed by atoms with van der Waals surface area (Å²) in [7, 11) is 3.00. The van der Waals surface area contributed by atoms with Gasteiger partial charge in [-0.2, -0.15) is 5.10 Å². The van der Waals surface area contributed by atoms with Crippen molar-refractivity contribution in [2.24, 2.45) is 7.05 Å². The van der Waals surface area contributed by atoms with E-state index in [1.54, 1.807) is 25.2 Å². The Morgan fingerprint density at radius 1 is 1.30 bits per heavy atom. The van der Waals surface area contributed by atoms with E-state index in [1.165, 1.54) is 28.9 Å². The number of benzene rings is 1. The summed E-state index contributed by atoms with van der Waals surface area (Å²) in [5.74, 6) is -0.758. The van der Waals surface area contributed by atoms with Gasteiger partial charge in [0, 0.05) is 25.7 Å². The van der Waals surface area contributed by atoms with E-state index in [0.717, 1.165) is 5.56 Å². The number of carbonyl (C=O) groups excluding carboxylic acids is 2. The molecule has 140 valence electrons. The normalized spacial score (nSPS) is 10.8. The summed E-state index contributed by atoms with van der Waals surface area (Å²) >= 11 is 0. The van der Waals surface area contributed by atoms with E-state index >= 15 is 0 Å². The summed E-state index contributed by atoms with van der Waals surface area (Å²) in [5.41, 5.74) is 1.93. The number of methoxy groups -OCH3 is 1. The zero-order valence-electron chi connectivity index (χ0n) is 15.2. The molecule has 0 saturated carbocycles. The van der Waals surface area contributed by atoms with Crippen LogP contribution < -0.4 is 10.9 Å². The van der Waals surface area contributed by atoms with E-state index in [4.69, 9.17) is 0 Å². The lowest BCUT2D eigenvalue weighted by molar-refractivity contribution is -0.116. The van der Waals surface area contributed by atoms with Gasteiger partial charge in [0.05, 0.1) is 25.2 Å². The molecule has 0 unspecified atom stereocenters. The highest BCUT2D eigenvalue weighted by Gasteiger charge is 2.12. The molecule has 1 amide bonds. The lowest BCUT2D eigenvalue weighted by Crippen LogP contribution is -2.23. The average molecular weight is 369 g/mol. The van der Waals surface area contributed by atoms with Gasteiger partial charge in [-0.3, -0.25) is 18.8 Å². The SMILES string of the molecule is COC(=O)c1ccc(C)c(NC(=O)CCn2cnc3c(cnn3C)c2=O)c1. The van der Waals surface area contributed by atoms with Crippen LogP contribution in [0.4, 0.5) is 5.69 Å². The second kappa shape index (κ2) is 7.40. The minimum absolute atomic E-state index is 0.0786. The third-order valence-electron chi connectivity index (χ3n) is 4.23. The molecule has 0 fully saturated rings. The number of rotatable bonds is 5. The first-order valence-corrected chi connectivity index (χ1v) is 8.26. The zero-order chi connectivity index (χ0) is 19.6. The molecule has 3 aromatic rings. The molecule has 1 aromatic carbocycles. The van der Waals surface area contributed by atoms with Crippen LogP contribution in [0.5, 0.6) is 0 Å². The molecule has 0 aliphatic heterocycles. The number of hydrogen-bond acceptors (Lipinski definition) is 6. The van der Waals surface area contributed by atoms with Gasteiger partial charge < -0.3 is 10.1 Å². The third kappa shape index (κ3) is 3.71. The second-order valence-corrected chi connectivity index (χ2v) is 6.07. The van der Waals surface area contributed by atoms with E-state index in [0.29, 0.717) is 22.3 Å². The fourth-order valence-corrected chi connectivity index (χ4v) is 2.66. The number of nitrogens with one attached hydrogen (secondary N) is 1. The van der Waals surface area contributed by atoms with Crippen molar-refractivity contribution in [1.29, 1.82) is 0 Å². The minimum atomic E-state index is -0.479. The summed E-state index contributed by atoms with van der Waals surface area (Å²) in [4.78, 5) is 40.5. The maximum Gasteiger partial charge on any atom is 0.337 e. The van der Waals surface area contributed by atoms with Crippen molar-refractivity contribution in [1.82, 2.24) is 19.3 Å². The first kappa shape index (κ1) is 18.3. The van der Waals surface area contributed by atoms with Crippen LogP contribution in [-0.2, 0) is 23.1 Å². The minimum Gasteiger partial charge on any atom is -0.465 e. The number of nitrogens with zero attached hydrogens (tertiary/aromatic N) is 4. The lowest BCUT2D eigenvalue weighted by Gasteiger charge is -2.10. The second-order valence-electron chi connectivity index (χ2n) is 6.07. The number of aromatic nitrogens is 4. The van der Waals surface area contributed by atoms with Crippen LogP contribution in [-0.4, -0.2) is 38.3 Å². The van der Waals surface area contributed by atoms with E-state index in [2.05, 4.69) is 20.1 Å². The Morgan fingerprint density at radius 3 is 2.81 bits per heavy atom. The Kier molecular flexibility index (Phi) is 5.02. The monoisotopic (exact) mass is 369 g/mol. The summed E-state index contributed by atoms with van der Waals surface area (Å²) < 4.78 is 7.58. The van der Waals surface area contributed by atoms with Crippen molar-refractivity contribution >= 4 is 28.6 Å². The maximum absolute atomic E-state index is 12.4. The quantitative estimate of drug-likeness (QED) is 0.678. The number of fused-ring (bicyclic) bond motifs is 1. The Morgan fingerprint density at radius 2 is 2.07 bits per heavy atom. The molecule has 9 heteroatoms. The van der Waals surface area contributed by atoms with Crippen LogP contribution >= 0.6 is 0 Å². The van der Waals surface area contributed by atoms with E-state index < -0.39 is 5.97 Å². The molecule has 0 radical (unpaired) electrons. The Hall–Kier alpha value is -3.49. The van der Waals surface area contributed by atoms with Crippen molar-refractivity contribution in [3.8, 4) is 0 Å². The van der Waals surface area contributed by atoms with E-state index in [1.807, 2.05) is 6.92 Å². The number of carbonyl (C=O) groups is 2. The highest BCUT2D eigenvalue weighted by Crippen LogP contribution is 2.18.